The van der Waals surface area contributed by atoms with Crippen LogP contribution < -0.4 is 4.74 Å². The monoisotopic (exact) mass is 480 g/mol. The molecule has 0 fully saturated rings. The lowest BCUT2D eigenvalue weighted by molar-refractivity contribution is 0.179. The minimum Gasteiger partial charge on any atom is -0.498 e. The summed E-state index contributed by atoms with van der Waals surface area (Å²) in [6, 6.07) is 41.2. The van der Waals surface area contributed by atoms with Gasteiger partial charge in [0.2, 0.25) is 0 Å². The number of ether oxygens (including phenoxy) is 2. The van der Waals surface area contributed by atoms with Crippen molar-refractivity contribution in [3.05, 3.63) is 139 Å². The van der Waals surface area contributed by atoms with Crippen LogP contribution in [0.4, 0.5) is 0 Å². The quantitative estimate of drug-likeness (QED) is 0.160. The van der Waals surface area contributed by atoms with E-state index >= 15 is 0 Å². The van der Waals surface area contributed by atoms with E-state index in [9.17, 15) is 0 Å². The van der Waals surface area contributed by atoms with Gasteiger partial charge in [-0.25, -0.2) is 0 Å². The molecule has 0 aliphatic heterocycles. The Morgan fingerprint density at radius 3 is 1.95 bits per heavy atom. The largest absolute Gasteiger partial charge is 0.498 e. The molecular formula is C35H28O2. The van der Waals surface area contributed by atoms with E-state index in [1.54, 1.807) is 0 Å². The van der Waals surface area contributed by atoms with Gasteiger partial charge in [-0.1, -0.05) is 104 Å². The summed E-state index contributed by atoms with van der Waals surface area (Å²) in [5.41, 5.74) is 12.9. The van der Waals surface area contributed by atoms with Crippen LogP contribution in [0.1, 0.15) is 11.1 Å². The molecule has 0 saturated heterocycles. The Kier molecular flexibility index (Phi) is 6.31. The van der Waals surface area contributed by atoms with E-state index < -0.39 is 0 Å². The summed E-state index contributed by atoms with van der Waals surface area (Å²) in [7, 11) is 0. The molecule has 0 saturated carbocycles. The first-order valence-corrected chi connectivity index (χ1v) is 12.7. The van der Waals surface area contributed by atoms with Gasteiger partial charge in [0.25, 0.3) is 0 Å². The standard InChI is InChI=1S/C35H28O2/c1-2-36-21-22-37-29-19-17-25(18-20-29)31-24-32-30-16-10-9-15-28(30)23-33(32)35(27-13-7-4-8-14-27)34(31)26-11-5-3-6-12-26/h2-20,24H,1,21-23H2. The first-order chi connectivity index (χ1) is 18.3. The Hall–Kier alpha value is -4.56. The summed E-state index contributed by atoms with van der Waals surface area (Å²) in [6.45, 7) is 4.53. The predicted molar refractivity (Wildman–Crippen MR) is 153 cm³/mol. The highest BCUT2D eigenvalue weighted by Gasteiger charge is 2.27. The molecule has 0 amide bonds. The molecule has 0 heterocycles. The van der Waals surface area contributed by atoms with Crippen LogP contribution in [0.3, 0.4) is 0 Å². The topological polar surface area (TPSA) is 18.5 Å². The van der Waals surface area contributed by atoms with E-state index in [2.05, 4.69) is 110 Å². The van der Waals surface area contributed by atoms with Crippen LogP contribution in [0.5, 0.6) is 5.75 Å². The SMILES string of the molecule is C=COCCOc1ccc(-c2cc3c(c(-c4ccccc4)c2-c2ccccc2)Cc2ccccc2-3)cc1. The summed E-state index contributed by atoms with van der Waals surface area (Å²) in [6.07, 6.45) is 2.38. The molecule has 180 valence electrons. The molecule has 0 spiro atoms. The molecule has 0 bridgehead atoms. The van der Waals surface area contributed by atoms with Gasteiger partial charge in [-0.05, 0) is 80.3 Å². The van der Waals surface area contributed by atoms with Gasteiger partial charge >= 0.3 is 0 Å². The number of hydrogen-bond donors (Lipinski definition) is 0. The third-order valence-corrected chi connectivity index (χ3v) is 6.99. The van der Waals surface area contributed by atoms with Crippen molar-refractivity contribution in [3.63, 3.8) is 0 Å². The van der Waals surface area contributed by atoms with Gasteiger partial charge in [-0.15, -0.1) is 0 Å². The number of rotatable bonds is 8. The molecule has 0 atom stereocenters. The predicted octanol–water partition coefficient (Wildman–Crippen LogP) is 8.80. The second kappa shape index (κ2) is 10.2. The minimum atomic E-state index is 0.480. The van der Waals surface area contributed by atoms with E-state index in [1.165, 1.54) is 56.3 Å². The summed E-state index contributed by atoms with van der Waals surface area (Å²) in [5.74, 6) is 0.826. The highest BCUT2D eigenvalue weighted by molar-refractivity contribution is 6.01. The van der Waals surface area contributed by atoms with Crippen molar-refractivity contribution in [3.8, 4) is 50.3 Å². The Morgan fingerprint density at radius 2 is 1.24 bits per heavy atom. The third-order valence-electron chi connectivity index (χ3n) is 6.99. The molecule has 1 aliphatic carbocycles. The van der Waals surface area contributed by atoms with Crippen molar-refractivity contribution in [1.82, 2.24) is 0 Å². The smallest absolute Gasteiger partial charge is 0.122 e. The summed E-state index contributed by atoms with van der Waals surface area (Å²) < 4.78 is 11.0. The van der Waals surface area contributed by atoms with Crippen LogP contribution in [-0.4, -0.2) is 13.2 Å². The zero-order chi connectivity index (χ0) is 25.0. The minimum absolute atomic E-state index is 0.480. The lowest BCUT2D eigenvalue weighted by atomic mass is 9.82. The summed E-state index contributed by atoms with van der Waals surface area (Å²) in [5, 5.41) is 0. The van der Waals surface area contributed by atoms with Crippen LogP contribution in [-0.2, 0) is 11.2 Å². The normalized spacial score (nSPS) is 11.5. The van der Waals surface area contributed by atoms with Crippen LogP contribution >= 0.6 is 0 Å². The second-order valence-corrected chi connectivity index (χ2v) is 9.18. The molecule has 0 aromatic heterocycles. The maximum Gasteiger partial charge on any atom is 0.122 e. The van der Waals surface area contributed by atoms with Crippen LogP contribution in [0.25, 0.3) is 44.5 Å². The third kappa shape index (κ3) is 4.43. The Bertz CT molecular complexity index is 1530. The molecule has 5 aromatic rings. The first-order valence-electron chi connectivity index (χ1n) is 12.7. The zero-order valence-electron chi connectivity index (χ0n) is 20.7. The molecular weight excluding hydrogens is 452 g/mol. The molecule has 6 rings (SSSR count). The van der Waals surface area contributed by atoms with Gasteiger partial charge < -0.3 is 9.47 Å². The van der Waals surface area contributed by atoms with Gasteiger partial charge in [0.15, 0.2) is 0 Å². The lowest BCUT2D eigenvalue weighted by Gasteiger charge is -2.21. The Labute approximate surface area is 218 Å². The van der Waals surface area contributed by atoms with Crippen LogP contribution in [0.15, 0.2) is 128 Å². The van der Waals surface area contributed by atoms with Crippen molar-refractivity contribution in [2.75, 3.05) is 13.2 Å². The molecule has 5 aromatic carbocycles. The number of hydrogen-bond acceptors (Lipinski definition) is 2. The van der Waals surface area contributed by atoms with Crippen molar-refractivity contribution >= 4 is 0 Å². The maximum absolute atomic E-state index is 5.85. The zero-order valence-corrected chi connectivity index (χ0v) is 20.7. The van der Waals surface area contributed by atoms with Crippen LogP contribution in [0.2, 0.25) is 0 Å². The van der Waals surface area contributed by atoms with Gasteiger partial charge in [0.05, 0.1) is 6.26 Å². The molecule has 2 heteroatoms. The average molecular weight is 481 g/mol. The fourth-order valence-corrected chi connectivity index (χ4v) is 5.35. The van der Waals surface area contributed by atoms with E-state index in [1.807, 2.05) is 12.1 Å². The molecule has 0 radical (unpaired) electrons. The van der Waals surface area contributed by atoms with E-state index in [0.29, 0.717) is 13.2 Å². The molecule has 0 unspecified atom stereocenters. The fraction of sp³-hybridized carbons (Fsp3) is 0.0857. The van der Waals surface area contributed by atoms with E-state index in [-0.39, 0.29) is 0 Å². The van der Waals surface area contributed by atoms with Crippen molar-refractivity contribution in [2.45, 2.75) is 6.42 Å². The molecule has 0 N–H and O–H groups in total. The highest BCUT2D eigenvalue weighted by Crippen LogP contribution is 2.50. The first kappa shape index (κ1) is 22.9. The van der Waals surface area contributed by atoms with Gasteiger partial charge in [-0.3, -0.25) is 0 Å². The van der Waals surface area contributed by atoms with Crippen molar-refractivity contribution in [2.24, 2.45) is 0 Å². The summed E-state index contributed by atoms with van der Waals surface area (Å²) >= 11 is 0. The van der Waals surface area contributed by atoms with Gasteiger partial charge in [-0.2, -0.15) is 0 Å². The van der Waals surface area contributed by atoms with E-state index in [0.717, 1.165) is 17.7 Å². The highest BCUT2D eigenvalue weighted by atomic mass is 16.5. The Balaban J connectivity index is 1.56. The number of benzene rings is 5. The van der Waals surface area contributed by atoms with Crippen LogP contribution in [0, 0.1) is 0 Å². The number of fused-ring (bicyclic) bond motifs is 3. The molecule has 2 nitrogen and oxygen atoms in total. The van der Waals surface area contributed by atoms with Crippen molar-refractivity contribution < 1.29 is 9.47 Å². The van der Waals surface area contributed by atoms with Crippen molar-refractivity contribution in [1.29, 1.82) is 0 Å². The Morgan fingerprint density at radius 1 is 0.595 bits per heavy atom. The molecule has 1 aliphatic rings. The second-order valence-electron chi connectivity index (χ2n) is 9.18. The lowest BCUT2D eigenvalue weighted by Crippen LogP contribution is -2.03. The fourth-order valence-electron chi connectivity index (χ4n) is 5.35. The van der Waals surface area contributed by atoms with E-state index in [4.69, 9.17) is 9.47 Å². The van der Waals surface area contributed by atoms with Gasteiger partial charge in [0, 0.05) is 0 Å². The summed E-state index contributed by atoms with van der Waals surface area (Å²) in [4.78, 5) is 0. The molecule has 37 heavy (non-hydrogen) atoms. The van der Waals surface area contributed by atoms with Gasteiger partial charge in [0.1, 0.15) is 19.0 Å². The average Bonchev–Trinajstić information content (AvgIpc) is 3.34. The maximum atomic E-state index is 5.85.